The van der Waals surface area contributed by atoms with Gasteiger partial charge >= 0.3 is 0 Å². The Morgan fingerprint density at radius 1 is 0.290 bits per heavy atom. The summed E-state index contributed by atoms with van der Waals surface area (Å²) in [6, 6.07) is 92.5. The maximum absolute atomic E-state index is 2.72. The van der Waals surface area contributed by atoms with E-state index >= 15 is 0 Å². The minimum absolute atomic E-state index is 1.11. The highest BCUT2D eigenvalue weighted by Gasteiger charge is 2.49. The zero-order valence-corrected chi connectivity index (χ0v) is 35.1. The molecule has 0 unspecified atom stereocenters. The van der Waals surface area contributed by atoms with Crippen LogP contribution in [0.1, 0.15) is 0 Å². The number of hydrogen-bond donors (Lipinski definition) is 0. The summed E-state index contributed by atoms with van der Waals surface area (Å²) in [5.41, 5.74) is 10.9. The molecule has 11 aromatic rings. The van der Waals surface area contributed by atoms with Gasteiger partial charge in [-0.1, -0.05) is 212 Å². The van der Waals surface area contributed by atoms with E-state index < -0.39 is 8.07 Å². The highest BCUT2D eigenvalue weighted by atomic mass is 28.3. The lowest BCUT2D eigenvalue weighted by Crippen LogP contribution is -2.72. The van der Waals surface area contributed by atoms with Crippen LogP contribution >= 0.6 is 0 Å². The molecule has 0 fully saturated rings. The minimum Gasteiger partial charge on any atom is -0.310 e. The van der Waals surface area contributed by atoms with E-state index in [1.54, 1.807) is 0 Å². The molecule has 0 bridgehead atoms. The van der Waals surface area contributed by atoms with Gasteiger partial charge in [-0.2, -0.15) is 0 Å². The molecule has 1 heterocycles. The fourth-order valence-corrected chi connectivity index (χ4v) is 15.5. The molecule has 0 radical (unpaired) electrons. The molecule has 0 aromatic heterocycles. The lowest BCUT2D eigenvalue weighted by Gasteiger charge is -2.32. The average molecular weight is 804 g/mol. The normalized spacial score (nSPS) is 12.6. The van der Waals surface area contributed by atoms with Crippen molar-refractivity contribution in [2.45, 2.75) is 0 Å². The fourth-order valence-electron chi connectivity index (χ4n) is 10.4. The predicted octanol–water partition coefficient (Wildman–Crippen LogP) is 13.3. The molecule has 0 aliphatic carbocycles. The molecule has 1 nitrogen and oxygen atoms in total. The maximum atomic E-state index is 2.51. The highest BCUT2D eigenvalue weighted by molar-refractivity contribution is 7.22. The second-order valence-electron chi connectivity index (χ2n) is 16.4. The third-order valence-electron chi connectivity index (χ3n) is 13.1. The van der Waals surface area contributed by atoms with E-state index in [1.807, 2.05) is 0 Å². The number of nitrogens with zero attached hydrogens (tertiary/aromatic N) is 1. The largest absolute Gasteiger partial charge is 0.310 e. The quantitative estimate of drug-likeness (QED) is 0.145. The van der Waals surface area contributed by atoms with Crippen LogP contribution in [0, 0.1) is 0 Å². The molecule has 0 saturated carbocycles. The van der Waals surface area contributed by atoms with Crippen LogP contribution < -0.4 is 25.6 Å². The molecule has 1 aliphatic rings. The summed E-state index contributed by atoms with van der Waals surface area (Å²) in [7, 11) is -2.72. The molecule has 2 heteroatoms. The maximum Gasteiger partial charge on any atom is 0.180 e. The van der Waals surface area contributed by atoms with E-state index in [2.05, 4.69) is 254 Å². The van der Waals surface area contributed by atoms with Gasteiger partial charge in [-0.3, -0.25) is 0 Å². The van der Waals surface area contributed by atoms with Crippen molar-refractivity contribution in [3.63, 3.8) is 0 Å². The molecule has 62 heavy (non-hydrogen) atoms. The lowest BCUT2D eigenvalue weighted by atomic mass is 9.91. The first-order valence-corrected chi connectivity index (χ1v) is 23.5. The Bertz CT molecular complexity index is 3400. The molecule has 0 spiro atoms. The van der Waals surface area contributed by atoms with Crippen LogP contribution in [0.2, 0.25) is 0 Å². The van der Waals surface area contributed by atoms with Crippen molar-refractivity contribution < 1.29 is 0 Å². The number of rotatable bonds is 7. The van der Waals surface area contributed by atoms with E-state index in [-0.39, 0.29) is 0 Å². The average Bonchev–Trinajstić information content (AvgIpc) is 3.63. The van der Waals surface area contributed by atoms with Crippen molar-refractivity contribution in [2.75, 3.05) is 4.90 Å². The van der Waals surface area contributed by atoms with Crippen LogP contribution in [0.5, 0.6) is 0 Å². The third-order valence-corrected chi connectivity index (χ3v) is 18.0. The molecular weight excluding hydrogens is 763 g/mol. The smallest absolute Gasteiger partial charge is 0.180 e. The van der Waals surface area contributed by atoms with Crippen LogP contribution in [0.15, 0.2) is 249 Å². The molecule has 12 rings (SSSR count). The lowest BCUT2D eigenvalue weighted by molar-refractivity contribution is 1.30. The molecule has 290 valence electrons. The summed E-state index contributed by atoms with van der Waals surface area (Å²) in [5, 5.41) is 13.2. The van der Waals surface area contributed by atoms with Gasteiger partial charge in [0.05, 0.1) is 5.69 Å². The molecular formula is C60H41NSi. The Balaban J connectivity index is 1.08. The summed E-state index contributed by atoms with van der Waals surface area (Å²) in [6.07, 6.45) is 0. The third kappa shape index (κ3) is 5.69. The first kappa shape index (κ1) is 36.1. The number of benzene rings is 11. The van der Waals surface area contributed by atoms with Crippen molar-refractivity contribution in [3.05, 3.63) is 249 Å². The Labute approximate surface area is 363 Å². The van der Waals surface area contributed by atoms with Gasteiger partial charge in [-0.15, -0.1) is 0 Å². The van der Waals surface area contributed by atoms with Crippen LogP contribution in [0.3, 0.4) is 0 Å². The molecule has 0 amide bonds. The number of anilines is 3. The topological polar surface area (TPSA) is 3.24 Å². The van der Waals surface area contributed by atoms with E-state index in [4.69, 9.17) is 0 Å². The summed E-state index contributed by atoms with van der Waals surface area (Å²) in [5.74, 6) is 0. The van der Waals surface area contributed by atoms with Crippen LogP contribution in [0.4, 0.5) is 17.1 Å². The van der Waals surface area contributed by atoms with E-state index in [0.29, 0.717) is 0 Å². The second-order valence-corrected chi connectivity index (χ2v) is 20.1. The van der Waals surface area contributed by atoms with Crippen molar-refractivity contribution in [2.24, 2.45) is 0 Å². The zero-order valence-electron chi connectivity index (χ0n) is 34.1. The zero-order chi connectivity index (χ0) is 41.0. The van der Waals surface area contributed by atoms with Gasteiger partial charge in [0.25, 0.3) is 0 Å². The Morgan fingerprint density at radius 2 is 0.790 bits per heavy atom. The molecule has 11 aromatic carbocycles. The van der Waals surface area contributed by atoms with E-state index in [9.17, 15) is 0 Å². The Kier molecular flexibility index (Phi) is 8.58. The van der Waals surface area contributed by atoms with Crippen LogP contribution in [-0.2, 0) is 0 Å². The number of fused-ring (bicyclic) bond motifs is 6. The first-order chi connectivity index (χ1) is 30.8. The van der Waals surface area contributed by atoms with Crippen molar-refractivity contribution >= 4 is 78.2 Å². The molecule has 1 aliphatic heterocycles. The van der Waals surface area contributed by atoms with Crippen LogP contribution in [-0.4, -0.2) is 8.07 Å². The van der Waals surface area contributed by atoms with Crippen molar-refractivity contribution in [1.82, 2.24) is 0 Å². The Morgan fingerprint density at radius 3 is 1.47 bits per heavy atom. The summed E-state index contributed by atoms with van der Waals surface area (Å²) >= 11 is 0. The Hall–Kier alpha value is -7.78. The van der Waals surface area contributed by atoms with Crippen LogP contribution in [0.25, 0.3) is 65.7 Å². The van der Waals surface area contributed by atoms with Gasteiger partial charge in [0.1, 0.15) is 0 Å². The second kappa shape index (κ2) is 14.7. The van der Waals surface area contributed by atoms with Crippen molar-refractivity contribution in [3.8, 4) is 33.4 Å². The van der Waals surface area contributed by atoms with Gasteiger partial charge in [0.2, 0.25) is 0 Å². The predicted molar refractivity (Wildman–Crippen MR) is 267 cm³/mol. The van der Waals surface area contributed by atoms with Gasteiger partial charge in [0.15, 0.2) is 8.07 Å². The molecule has 0 N–H and O–H groups in total. The number of hydrogen-bond acceptors (Lipinski definition) is 1. The fraction of sp³-hybridized carbons (Fsp3) is 0. The summed E-state index contributed by atoms with van der Waals surface area (Å²) in [4.78, 5) is 2.47. The van der Waals surface area contributed by atoms with Gasteiger partial charge < -0.3 is 4.90 Å². The van der Waals surface area contributed by atoms with Gasteiger partial charge in [-0.05, 0) is 117 Å². The summed E-state index contributed by atoms with van der Waals surface area (Å²) in [6.45, 7) is 0. The first-order valence-electron chi connectivity index (χ1n) is 21.5. The highest BCUT2D eigenvalue weighted by Crippen LogP contribution is 2.43. The standard InChI is InChI=1S/C60H41NSi/c1-4-17-43(18-5-1)53-30-14-23-45-24-15-31-54(60(45)53)44-33-35-48(36-34-44)61(57-32-16-22-42-19-12-13-29-52(42)57)49-37-38-58-56(41-49)55-39-46-20-10-11-21-47(46)40-59(55)62(58,50-25-6-2-7-26-50)51-27-8-3-9-28-51/h1-41H. The van der Waals surface area contributed by atoms with E-state index in [1.165, 1.54) is 86.4 Å². The monoisotopic (exact) mass is 803 g/mol. The van der Waals surface area contributed by atoms with Gasteiger partial charge in [-0.25, -0.2) is 0 Å². The SMILES string of the molecule is c1ccc(-c2cccc3cccc(-c4ccc(N(c5ccc6c(c5)-c5cc7ccccc7cc5[Si]6(c5ccccc5)c5ccccc5)c5cccc6ccccc56)cc4)c23)cc1. The molecule has 0 saturated heterocycles. The van der Waals surface area contributed by atoms with E-state index in [0.717, 1.165) is 17.1 Å². The minimum atomic E-state index is -2.72. The molecule has 0 atom stereocenters. The van der Waals surface area contributed by atoms with Crippen molar-refractivity contribution in [1.29, 1.82) is 0 Å². The summed E-state index contributed by atoms with van der Waals surface area (Å²) < 4.78 is 0. The van der Waals surface area contributed by atoms with Gasteiger partial charge in [0, 0.05) is 16.8 Å².